The van der Waals surface area contributed by atoms with E-state index in [-0.39, 0.29) is 6.03 Å². The van der Waals surface area contributed by atoms with Crippen LogP contribution < -0.4 is 10.9 Å². The van der Waals surface area contributed by atoms with E-state index in [2.05, 4.69) is 6.07 Å². The van der Waals surface area contributed by atoms with Gasteiger partial charge in [0.1, 0.15) is 0 Å². The quantitative estimate of drug-likeness (QED) is 0.427. The van der Waals surface area contributed by atoms with Crippen LogP contribution in [0.2, 0.25) is 0 Å². The lowest BCUT2D eigenvalue weighted by atomic mass is 10.3. The molecule has 0 saturated carbocycles. The molecule has 1 aliphatic heterocycles. The Bertz CT molecular complexity index is 333. The largest absolute Gasteiger partial charge is 0.338 e. The predicted octanol–water partition coefficient (Wildman–Crippen LogP) is 1.38. The highest BCUT2D eigenvalue weighted by atomic mass is 16.2. The van der Waals surface area contributed by atoms with Gasteiger partial charge in [-0.2, -0.15) is 0 Å². The van der Waals surface area contributed by atoms with E-state index >= 15 is 0 Å². The molecule has 0 bridgehead atoms. The molecular weight excluding hydrogens is 190 g/mol. The molecule has 1 heterocycles. The first-order chi connectivity index (χ1) is 7.29. The maximum Gasteiger partial charge on any atom is 0.338 e. The molecule has 1 aliphatic rings. The predicted molar refractivity (Wildman–Crippen MR) is 58.1 cm³/mol. The first-order valence-corrected chi connectivity index (χ1v) is 5.09. The molecule has 0 atom stereocenters. The van der Waals surface area contributed by atoms with Gasteiger partial charge >= 0.3 is 6.03 Å². The summed E-state index contributed by atoms with van der Waals surface area (Å²) in [5.74, 6) is 5.75. The van der Waals surface area contributed by atoms with E-state index in [1.807, 2.05) is 0 Å². The second-order valence-corrected chi connectivity index (χ2v) is 3.60. The van der Waals surface area contributed by atoms with Gasteiger partial charge in [-0.15, -0.1) is 0 Å². The van der Waals surface area contributed by atoms with Crippen molar-refractivity contribution < 1.29 is 4.79 Å². The van der Waals surface area contributed by atoms with E-state index < -0.39 is 0 Å². The average Bonchev–Trinajstić information content (AvgIpc) is 2.82. The fraction of sp³-hybridized carbons (Fsp3) is 0.364. The maximum absolute atomic E-state index is 11.9. The number of carbonyl (C=O) groups is 1. The van der Waals surface area contributed by atoms with Gasteiger partial charge in [0, 0.05) is 13.1 Å². The van der Waals surface area contributed by atoms with Gasteiger partial charge in [0.25, 0.3) is 0 Å². The van der Waals surface area contributed by atoms with Crippen LogP contribution in [0.25, 0.3) is 0 Å². The van der Waals surface area contributed by atoms with Crippen molar-refractivity contribution in [2.24, 2.45) is 5.84 Å². The molecule has 0 unspecified atom stereocenters. The minimum Gasteiger partial charge on any atom is -0.323 e. The molecule has 0 aromatic heterocycles. The minimum absolute atomic E-state index is 0.126. The van der Waals surface area contributed by atoms with Crippen LogP contribution in [0.3, 0.4) is 0 Å². The Balaban J connectivity index is 2.07. The van der Waals surface area contributed by atoms with Crippen LogP contribution in [-0.4, -0.2) is 24.0 Å². The second kappa shape index (κ2) is 4.31. The highest BCUT2D eigenvalue weighted by molar-refractivity contribution is 5.90. The fourth-order valence-electron chi connectivity index (χ4n) is 1.71. The Labute approximate surface area is 89.2 Å². The van der Waals surface area contributed by atoms with Crippen molar-refractivity contribution >= 4 is 11.7 Å². The summed E-state index contributed by atoms with van der Waals surface area (Å²) in [6.07, 6.45) is 2.14. The van der Waals surface area contributed by atoms with E-state index in [0.29, 0.717) is 5.69 Å². The molecule has 1 radical (unpaired) electrons. The molecule has 0 aliphatic carbocycles. The Hall–Kier alpha value is -1.55. The molecule has 2 amide bonds. The van der Waals surface area contributed by atoms with Crippen LogP contribution in [0.5, 0.6) is 0 Å². The third-order valence-electron chi connectivity index (χ3n) is 2.56. The number of benzene rings is 1. The summed E-state index contributed by atoms with van der Waals surface area (Å²) >= 11 is 0. The molecule has 1 saturated heterocycles. The van der Waals surface area contributed by atoms with Gasteiger partial charge in [-0.3, -0.25) is 0 Å². The normalized spacial score (nSPS) is 15.4. The van der Waals surface area contributed by atoms with Gasteiger partial charge in [-0.25, -0.2) is 15.6 Å². The van der Waals surface area contributed by atoms with E-state index in [0.717, 1.165) is 25.9 Å². The zero-order valence-corrected chi connectivity index (χ0v) is 8.52. The van der Waals surface area contributed by atoms with Crippen LogP contribution in [0.4, 0.5) is 10.5 Å². The van der Waals surface area contributed by atoms with Gasteiger partial charge in [0.15, 0.2) is 0 Å². The van der Waals surface area contributed by atoms with Crippen LogP contribution in [0.15, 0.2) is 24.3 Å². The van der Waals surface area contributed by atoms with E-state index in [9.17, 15) is 4.79 Å². The number of likely N-dealkylation sites (tertiary alicyclic amines) is 1. The summed E-state index contributed by atoms with van der Waals surface area (Å²) in [6.45, 7) is 1.62. The SMILES string of the molecule is NN(C(=O)N1CCCC1)c1cc[c]cc1. The van der Waals surface area contributed by atoms with E-state index in [4.69, 9.17) is 5.84 Å². The number of rotatable bonds is 1. The molecule has 0 spiro atoms. The van der Waals surface area contributed by atoms with Crippen molar-refractivity contribution in [3.05, 3.63) is 30.3 Å². The molecule has 79 valence electrons. The van der Waals surface area contributed by atoms with Crippen molar-refractivity contribution in [2.45, 2.75) is 12.8 Å². The summed E-state index contributed by atoms with van der Waals surface area (Å²) in [7, 11) is 0. The minimum atomic E-state index is -0.126. The van der Waals surface area contributed by atoms with E-state index in [1.54, 1.807) is 29.2 Å². The van der Waals surface area contributed by atoms with Crippen molar-refractivity contribution in [3.8, 4) is 0 Å². The molecule has 1 aromatic carbocycles. The number of hydrogen-bond acceptors (Lipinski definition) is 2. The summed E-state index contributed by atoms with van der Waals surface area (Å²) in [5.41, 5.74) is 0.700. The highest BCUT2D eigenvalue weighted by Crippen LogP contribution is 2.14. The topological polar surface area (TPSA) is 49.6 Å². The van der Waals surface area contributed by atoms with Gasteiger partial charge in [0.05, 0.1) is 5.69 Å². The molecule has 2 N–H and O–H groups in total. The molecule has 4 nitrogen and oxygen atoms in total. The first kappa shape index (κ1) is 9.98. The van der Waals surface area contributed by atoms with Gasteiger partial charge in [-0.05, 0) is 31.0 Å². The second-order valence-electron chi connectivity index (χ2n) is 3.60. The first-order valence-electron chi connectivity index (χ1n) is 5.09. The van der Waals surface area contributed by atoms with Crippen molar-refractivity contribution in [2.75, 3.05) is 18.1 Å². The van der Waals surface area contributed by atoms with Gasteiger partial charge in [0.2, 0.25) is 0 Å². The van der Waals surface area contributed by atoms with E-state index in [1.165, 1.54) is 5.01 Å². The third kappa shape index (κ3) is 2.10. The zero-order chi connectivity index (χ0) is 10.7. The highest BCUT2D eigenvalue weighted by Gasteiger charge is 2.22. The number of anilines is 1. The smallest absolute Gasteiger partial charge is 0.323 e. The molecule has 2 rings (SSSR count). The van der Waals surface area contributed by atoms with Crippen LogP contribution >= 0.6 is 0 Å². The molecule has 1 fully saturated rings. The lowest BCUT2D eigenvalue weighted by Gasteiger charge is -2.23. The van der Waals surface area contributed by atoms with Crippen molar-refractivity contribution in [1.82, 2.24) is 4.90 Å². The Kier molecular flexibility index (Phi) is 2.87. The maximum atomic E-state index is 11.9. The number of urea groups is 1. The number of amides is 2. The number of carbonyl (C=O) groups excluding carboxylic acids is 1. The summed E-state index contributed by atoms with van der Waals surface area (Å²) in [4.78, 5) is 13.6. The third-order valence-corrected chi connectivity index (χ3v) is 2.56. The van der Waals surface area contributed by atoms with Crippen molar-refractivity contribution in [3.63, 3.8) is 0 Å². The van der Waals surface area contributed by atoms with Gasteiger partial charge < -0.3 is 4.90 Å². The zero-order valence-electron chi connectivity index (χ0n) is 8.52. The van der Waals surface area contributed by atoms with Crippen molar-refractivity contribution in [1.29, 1.82) is 0 Å². The fourth-order valence-corrected chi connectivity index (χ4v) is 1.71. The summed E-state index contributed by atoms with van der Waals surface area (Å²) in [5, 5.41) is 1.19. The number of hydrazine groups is 1. The Morgan fingerprint density at radius 1 is 1.33 bits per heavy atom. The lowest BCUT2D eigenvalue weighted by molar-refractivity contribution is 0.215. The number of nitrogens with zero attached hydrogens (tertiary/aromatic N) is 2. The number of nitrogens with two attached hydrogens (primary N) is 1. The summed E-state index contributed by atoms with van der Waals surface area (Å²) in [6, 6.07) is 9.79. The standard InChI is InChI=1S/C11H14N3O/c12-14(10-6-2-1-3-7-10)11(15)13-8-4-5-9-13/h2-3,6-7H,4-5,8-9,12H2. The van der Waals surface area contributed by atoms with Gasteiger partial charge in [-0.1, -0.05) is 12.1 Å². The van der Waals surface area contributed by atoms with Crippen LogP contribution in [0, 0.1) is 6.07 Å². The molecular formula is C11H14N3O. The number of hydrogen-bond donors (Lipinski definition) is 1. The van der Waals surface area contributed by atoms with Crippen LogP contribution in [-0.2, 0) is 0 Å². The molecule has 4 heteroatoms. The monoisotopic (exact) mass is 204 g/mol. The van der Waals surface area contributed by atoms with Crippen LogP contribution in [0.1, 0.15) is 12.8 Å². The molecule has 1 aromatic rings. The molecule has 15 heavy (non-hydrogen) atoms. The average molecular weight is 204 g/mol. The Morgan fingerprint density at radius 2 is 1.93 bits per heavy atom. The summed E-state index contributed by atoms with van der Waals surface area (Å²) < 4.78 is 0. The lowest BCUT2D eigenvalue weighted by Crippen LogP contribution is -2.46. The Morgan fingerprint density at radius 3 is 2.53 bits per heavy atom.